The summed E-state index contributed by atoms with van der Waals surface area (Å²) in [6.07, 6.45) is 0. The van der Waals surface area contributed by atoms with Crippen LogP contribution in [-0.2, 0) is 0 Å². The Kier molecular flexibility index (Phi) is 2.68. The zero-order valence-corrected chi connectivity index (χ0v) is 10.9. The highest BCUT2D eigenvalue weighted by molar-refractivity contribution is 6.10. The molecule has 0 saturated carbocycles. The SMILES string of the molecule is Cc1cc(N)cc(C(=O)c2ccc3[nH]c(=O)[nH]c3c2)c1. The van der Waals surface area contributed by atoms with Crippen molar-refractivity contribution in [3.8, 4) is 0 Å². The van der Waals surface area contributed by atoms with Crippen LogP contribution in [0, 0.1) is 6.92 Å². The molecule has 20 heavy (non-hydrogen) atoms. The van der Waals surface area contributed by atoms with Crippen molar-refractivity contribution in [2.24, 2.45) is 0 Å². The van der Waals surface area contributed by atoms with Crippen LogP contribution in [0.2, 0.25) is 0 Å². The number of anilines is 1. The summed E-state index contributed by atoms with van der Waals surface area (Å²) in [6.45, 7) is 1.89. The minimum Gasteiger partial charge on any atom is -0.399 e. The molecule has 0 aliphatic rings. The number of nitrogens with two attached hydrogens (primary N) is 1. The van der Waals surface area contributed by atoms with E-state index in [4.69, 9.17) is 5.73 Å². The van der Waals surface area contributed by atoms with E-state index in [0.717, 1.165) is 5.56 Å². The lowest BCUT2D eigenvalue weighted by molar-refractivity contribution is 0.103. The maximum atomic E-state index is 12.4. The number of fused-ring (bicyclic) bond motifs is 1. The quantitative estimate of drug-likeness (QED) is 0.489. The van der Waals surface area contributed by atoms with Gasteiger partial charge in [-0.05, 0) is 48.9 Å². The van der Waals surface area contributed by atoms with Crippen LogP contribution in [0.25, 0.3) is 11.0 Å². The van der Waals surface area contributed by atoms with Gasteiger partial charge in [0.25, 0.3) is 0 Å². The van der Waals surface area contributed by atoms with Crippen LogP contribution in [0.4, 0.5) is 5.69 Å². The van der Waals surface area contributed by atoms with Crippen LogP contribution in [-0.4, -0.2) is 15.8 Å². The minimum absolute atomic E-state index is 0.121. The zero-order chi connectivity index (χ0) is 14.3. The highest BCUT2D eigenvalue weighted by Crippen LogP contribution is 2.18. The third kappa shape index (κ3) is 2.09. The first-order chi connectivity index (χ1) is 9.52. The molecule has 0 aliphatic heterocycles. The molecule has 3 aromatic rings. The average Bonchev–Trinajstić information content (AvgIpc) is 2.75. The number of benzene rings is 2. The number of hydrogen-bond acceptors (Lipinski definition) is 3. The smallest absolute Gasteiger partial charge is 0.323 e. The van der Waals surface area contributed by atoms with Crippen molar-refractivity contribution < 1.29 is 4.79 Å². The molecule has 2 aromatic carbocycles. The van der Waals surface area contributed by atoms with E-state index >= 15 is 0 Å². The van der Waals surface area contributed by atoms with E-state index in [1.54, 1.807) is 30.3 Å². The Morgan fingerprint density at radius 3 is 2.50 bits per heavy atom. The molecule has 0 atom stereocenters. The third-order valence-electron chi connectivity index (χ3n) is 3.14. The lowest BCUT2D eigenvalue weighted by Crippen LogP contribution is -2.03. The summed E-state index contributed by atoms with van der Waals surface area (Å²) in [4.78, 5) is 28.9. The molecular weight excluding hydrogens is 254 g/mol. The summed E-state index contributed by atoms with van der Waals surface area (Å²) in [5.74, 6) is -0.121. The second kappa shape index (κ2) is 4.38. The second-order valence-corrected chi connectivity index (χ2v) is 4.80. The number of aromatic nitrogens is 2. The van der Waals surface area contributed by atoms with E-state index in [1.807, 2.05) is 13.0 Å². The zero-order valence-electron chi connectivity index (χ0n) is 10.9. The van der Waals surface area contributed by atoms with Gasteiger partial charge in [-0.1, -0.05) is 0 Å². The molecule has 0 spiro atoms. The number of nitrogen functional groups attached to an aromatic ring is 1. The molecule has 100 valence electrons. The van der Waals surface area contributed by atoms with Crippen LogP contribution in [0.15, 0.2) is 41.2 Å². The van der Waals surface area contributed by atoms with E-state index in [0.29, 0.717) is 27.8 Å². The Morgan fingerprint density at radius 1 is 1.00 bits per heavy atom. The molecule has 0 saturated heterocycles. The fourth-order valence-corrected chi connectivity index (χ4v) is 2.28. The third-order valence-corrected chi connectivity index (χ3v) is 3.14. The van der Waals surface area contributed by atoms with Gasteiger partial charge in [-0.3, -0.25) is 4.79 Å². The molecular formula is C15H13N3O2. The van der Waals surface area contributed by atoms with Crippen molar-refractivity contribution in [3.63, 3.8) is 0 Å². The van der Waals surface area contributed by atoms with Crippen molar-refractivity contribution in [1.82, 2.24) is 9.97 Å². The molecule has 0 amide bonds. The molecule has 0 unspecified atom stereocenters. The van der Waals surface area contributed by atoms with Crippen molar-refractivity contribution >= 4 is 22.5 Å². The van der Waals surface area contributed by atoms with Gasteiger partial charge < -0.3 is 15.7 Å². The van der Waals surface area contributed by atoms with Crippen molar-refractivity contribution in [2.45, 2.75) is 6.92 Å². The number of hydrogen-bond donors (Lipinski definition) is 3. The predicted molar refractivity (Wildman–Crippen MR) is 77.9 cm³/mol. The predicted octanol–water partition coefficient (Wildman–Crippen LogP) is 1.98. The summed E-state index contributed by atoms with van der Waals surface area (Å²) in [5.41, 5.74) is 9.31. The highest BCUT2D eigenvalue weighted by Gasteiger charge is 2.11. The molecule has 0 bridgehead atoms. The van der Waals surface area contributed by atoms with Gasteiger partial charge in [0.15, 0.2) is 5.78 Å². The summed E-state index contributed by atoms with van der Waals surface area (Å²) in [7, 11) is 0. The Hall–Kier alpha value is -2.82. The Bertz CT molecular complexity index is 854. The molecule has 0 radical (unpaired) electrons. The topological polar surface area (TPSA) is 91.7 Å². The van der Waals surface area contributed by atoms with Gasteiger partial charge in [-0.15, -0.1) is 0 Å². The molecule has 3 rings (SSSR count). The minimum atomic E-state index is -0.288. The van der Waals surface area contributed by atoms with Crippen molar-refractivity contribution in [3.05, 3.63) is 63.6 Å². The second-order valence-electron chi connectivity index (χ2n) is 4.80. The lowest BCUT2D eigenvalue weighted by Gasteiger charge is -2.04. The van der Waals surface area contributed by atoms with Crippen molar-refractivity contribution in [1.29, 1.82) is 0 Å². The summed E-state index contributed by atoms with van der Waals surface area (Å²) in [5, 5.41) is 0. The van der Waals surface area contributed by atoms with Crippen LogP contribution in [0.3, 0.4) is 0 Å². The maximum Gasteiger partial charge on any atom is 0.323 e. The maximum absolute atomic E-state index is 12.4. The van der Waals surface area contributed by atoms with E-state index in [2.05, 4.69) is 9.97 Å². The number of aryl methyl sites for hydroxylation is 1. The Labute approximate surface area is 114 Å². The number of nitrogens with one attached hydrogen (secondary N) is 2. The number of carbonyl (C=O) groups is 1. The van der Waals surface area contributed by atoms with Crippen LogP contribution < -0.4 is 11.4 Å². The molecule has 4 N–H and O–H groups in total. The number of H-pyrrole nitrogens is 2. The van der Waals surface area contributed by atoms with Gasteiger partial charge in [0.05, 0.1) is 11.0 Å². The highest BCUT2D eigenvalue weighted by atomic mass is 16.1. The summed E-state index contributed by atoms with van der Waals surface area (Å²) >= 11 is 0. The Morgan fingerprint density at radius 2 is 1.75 bits per heavy atom. The number of aromatic amines is 2. The van der Waals surface area contributed by atoms with E-state index in [9.17, 15) is 9.59 Å². The largest absolute Gasteiger partial charge is 0.399 e. The number of imidazole rings is 1. The standard InChI is InChI=1S/C15H13N3O2/c1-8-4-10(6-11(16)5-8)14(19)9-2-3-12-13(7-9)18-15(20)17-12/h2-7H,16H2,1H3,(H2,17,18,20). The van der Waals surface area contributed by atoms with Gasteiger partial charge in [0, 0.05) is 16.8 Å². The van der Waals surface area contributed by atoms with Crippen molar-refractivity contribution in [2.75, 3.05) is 5.73 Å². The molecule has 1 heterocycles. The van der Waals surface area contributed by atoms with Gasteiger partial charge in [0.1, 0.15) is 0 Å². The molecule has 1 aromatic heterocycles. The fourth-order valence-electron chi connectivity index (χ4n) is 2.28. The van der Waals surface area contributed by atoms with E-state index in [1.165, 1.54) is 0 Å². The van der Waals surface area contributed by atoms with Crippen LogP contribution >= 0.6 is 0 Å². The molecule has 5 nitrogen and oxygen atoms in total. The monoisotopic (exact) mass is 267 g/mol. The van der Waals surface area contributed by atoms with E-state index in [-0.39, 0.29) is 11.5 Å². The van der Waals surface area contributed by atoms with Crippen LogP contribution in [0.1, 0.15) is 21.5 Å². The molecule has 5 heteroatoms. The fraction of sp³-hybridized carbons (Fsp3) is 0.0667. The molecule has 0 aliphatic carbocycles. The van der Waals surface area contributed by atoms with Gasteiger partial charge in [0.2, 0.25) is 0 Å². The lowest BCUT2D eigenvalue weighted by atomic mass is 10.0. The molecule has 0 fully saturated rings. The van der Waals surface area contributed by atoms with Gasteiger partial charge in [-0.25, -0.2) is 4.79 Å². The normalized spacial score (nSPS) is 10.8. The number of carbonyl (C=O) groups excluding carboxylic acids is 1. The number of ketones is 1. The Balaban J connectivity index is 2.09. The van der Waals surface area contributed by atoms with Gasteiger partial charge >= 0.3 is 5.69 Å². The van der Waals surface area contributed by atoms with Crippen LogP contribution in [0.5, 0.6) is 0 Å². The summed E-state index contributed by atoms with van der Waals surface area (Å²) < 4.78 is 0. The van der Waals surface area contributed by atoms with Gasteiger partial charge in [-0.2, -0.15) is 0 Å². The van der Waals surface area contributed by atoms with E-state index < -0.39 is 0 Å². The first-order valence-electron chi connectivity index (χ1n) is 6.17. The first-order valence-corrected chi connectivity index (χ1v) is 6.17. The summed E-state index contributed by atoms with van der Waals surface area (Å²) in [6, 6.07) is 10.3. The average molecular weight is 267 g/mol. The first kappa shape index (κ1) is 12.2. The number of rotatable bonds is 2.